The Balaban J connectivity index is 1.64. The van der Waals surface area contributed by atoms with Gasteiger partial charge in [0.2, 0.25) is 10.0 Å². The fourth-order valence-electron chi connectivity index (χ4n) is 3.52. The van der Waals surface area contributed by atoms with E-state index < -0.39 is 10.0 Å². The van der Waals surface area contributed by atoms with Crippen LogP contribution in [0, 0.1) is 13.8 Å². The van der Waals surface area contributed by atoms with E-state index in [0.29, 0.717) is 35.4 Å². The van der Waals surface area contributed by atoms with Crippen LogP contribution in [-0.4, -0.2) is 60.0 Å². The molecular formula is C18H26N4O2S. The predicted molar refractivity (Wildman–Crippen MR) is 98.0 cm³/mol. The van der Waals surface area contributed by atoms with E-state index >= 15 is 0 Å². The van der Waals surface area contributed by atoms with Crippen molar-refractivity contribution < 1.29 is 8.42 Å². The van der Waals surface area contributed by atoms with Crippen molar-refractivity contribution >= 4 is 10.0 Å². The zero-order chi connectivity index (χ0) is 18.0. The number of piperazine rings is 1. The van der Waals surface area contributed by atoms with Crippen LogP contribution in [0.15, 0.2) is 35.2 Å². The summed E-state index contributed by atoms with van der Waals surface area (Å²) in [6.07, 6.45) is 0.980. The first-order valence-corrected chi connectivity index (χ1v) is 10.1. The molecule has 1 aromatic carbocycles. The molecule has 1 N–H and O–H groups in total. The average molecular weight is 362 g/mol. The van der Waals surface area contributed by atoms with Gasteiger partial charge in [-0.25, -0.2) is 8.42 Å². The van der Waals surface area contributed by atoms with Crippen LogP contribution in [0.25, 0.3) is 0 Å². The van der Waals surface area contributed by atoms with Crippen LogP contribution in [-0.2, 0) is 16.4 Å². The summed E-state index contributed by atoms with van der Waals surface area (Å²) in [4.78, 5) is 2.70. The summed E-state index contributed by atoms with van der Waals surface area (Å²) in [5, 5.41) is 6.80. The van der Waals surface area contributed by atoms with Crippen molar-refractivity contribution in [2.24, 2.45) is 0 Å². The molecule has 0 saturated carbocycles. The highest BCUT2D eigenvalue weighted by molar-refractivity contribution is 7.89. The van der Waals surface area contributed by atoms with Crippen molar-refractivity contribution in [3.63, 3.8) is 0 Å². The first kappa shape index (κ1) is 18.1. The smallest absolute Gasteiger partial charge is 0.246 e. The molecule has 2 heterocycles. The third-order valence-electron chi connectivity index (χ3n) is 4.93. The molecule has 136 valence electrons. The number of aromatic nitrogens is 2. The van der Waals surface area contributed by atoms with Crippen LogP contribution in [0.2, 0.25) is 0 Å². The minimum Gasteiger partial charge on any atom is -0.298 e. The van der Waals surface area contributed by atoms with Gasteiger partial charge in [-0.05, 0) is 32.8 Å². The van der Waals surface area contributed by atoms with Gasteiger partial charge in [0, 0.05) is 32.2 Å². The Morgan fingerprint density at radius 1 is 1.12 bits per heavy atom. The first-order chi connectivity index (χ1) is 11.9. The van der Waals surface area contributed by atoms with Gasteiger partial charge in [-0.3, -0.25) is 10.00 Å². The van der Waals surface area contributed by atoms with E-state index in [-0.39, 0.29) is 0 Å². The molecule has 0 spiro atoms. The van der Waals surface area contributed by atoms with Crippen molar-refractivity contribution in [2.45, 2.75) is 38.1 Å². The Labute approximate surface area is 149 Å². The molecule has 1 unspecified atom stereocenters. The third kappa shape index (κ3) is 3.78. The molecule has 1 aromatic heterocycles. The molecule has 0 amide bonds. The molecule has 3 rings (SSSR count). The number of H-pyrrole nitrogens is 1. The maximum absolute atomic E-state index is 12.9. The standard InChI is InChI=1S/C18H26N4O2S/c1-14(13-17-7-5-4-6-8-17)21-9-11-22(12-10-21)25(23,24)18-15(2)19-20-16(18)3/h4-8,14H,9-13H2,1-3H3,(H,19,20). The molecule has 7 heteroatoms. The monoisotopic (exact) mass is 362 g/mol. The SMILES string of the molecule is Cc1n[nH]c(C)c1S(=O)(=O)N1CCN(C(C)Cc2ccccc2)CC1. The first-order valence-electron chi connectivity index (χ1n) is 8.69. The lowest BCUT2D eigenvalue weighted by molar-refractivity contribution is 0.145. The van der Waals surface area contributed by atoms with Crippen molar-refractivity contribution in [2.75, 3.05) is 26.2 Å². The minimum absolute atomic E-state index is 0.332. The van der Waals surface area contributed by atoms with Gasteiger partial charge in [0.25, 0.3) is 0 Å². The van der Waals surface area contributed by atoms with Gasteiger partial charge in [-0.2, -0.15) is 9.40 Å². The van der Waals surface area contributed by atoms with E-state index in [1.165, 1.54) is 5.56 Å². The second-order valence-corrected chi connectivity index (χ2v) is 8.62. The number of benzene rings is 1. The maximum atomic E-state index is 12.9. The molecule has 6 nitrogen and oxygen atoms in total. The summed E-state index contributed by atoms with van der Waals surface area (Å²) in [5.41, 5.74) is 2.46. The summed E-state index contributed by atoms with van der Waals surface area (Å²) >= 11 is 0. The molecule has 1 saturated heterocycles. The van der Waals surface area contributed by atoms with Crippen molar-refractivity contribution in [3.05, 3.63) is 47.3 Å². The number of sulfonamides is 1. The lowest BCUT2D eigenvalue weighted by atomic mass is 10.1. The summed E-state index contributed by atoms with van der Waals surface area (Å²) in [5.74, 6) is 0. The summed E-state index contributed by atoms with van der Waals surface area (Å²) in [6.45, 7) is 8.24. The van der Waals surface area contributed by atoms with E-state index in [0.717, 1.165) is 19.5 Å². The van der Waals surface area contributed by atoms with Crippen LogP contribution < -0.4 is 0 Å². The summed E-state index contributed by atoms with van der Waals surface area (Å²) in [6, 6.07) is 10.8. The van der Waals surface area contributed by atoms with Gasteiger partial charge in [-0.1, -0.05) is 30.3 Å². The van der Waals surface area contributed by atoms with E-state index in [9.17, 15) is 8.42 Å². The highest BCUT2D eigenvalue weighted by Crippen LogP contribution is 2.23. The maximum Gasteiger partial charge on any atom is 0.246 e. The van der Waals surface area contributed by atoms with Gasteiger partial charge in [-0.15, -0.1) is 0 Å². The van der Waals surface area contributed by atoms with Gasteiger partial charge < -0.3 is 0 Å². The van der Waals surface area contributed by atoms with Crippen molar-refractivity contribution in [1.29, 1.82) is 0 Å². The van der Waals surface area contributed by atoms with Crippen LogP contribution in [0.1, 0.15) is 23.9 Å². The Kier molecular flexibility index (Phi) is 5.27. The molecule has 2 aromatic rings. The molecule has 1 aliphatic rings. The molecule has 0 radical (unpaired) electrons. The van der Waals surface area contributed by atoms with Crippen LogP contribution >= 0.6 is 0 Å². The number of aromatic amines is 1. The topological polar surface area (TPSA) is 69.3 Å². The van der Waals surface area contributed by atoms with Crippen LogP contribution in [0.3, 0.4) is 0 Å². The highest BCUT2D eigenvalue weighted by atomic mass is 32.2. The Bertz CT molecular complexity index is 789. The number of rotatable bonds is 5. The van der Waals surface area contributed by atoms with Gasteiger partial charge in [0.05, 0.1) is 11.4 Å². The Morgan fingerprint density at radius 3 is 2.32 bits per heavy atom. The quantitative estimate of drug-likeness (QED) is 0.883. The number of hydrogen-bond donors (Lipinski definition) is 1. The molecule has 1 aliphatic heterocycles. The fourth-order valence-corrected chi connectivity index (χ4v) is 5.27. The Morgan fingerprint density at radius 2 is 1.76 bits per heavy atom. The van der Waals surface area contributed by atoms with E-state index in [2.05, 4.69) is 46.3 Å². The van der Waals surface area contributed by atoms with Crippen molar-refractivity contribution in [3.8, 4) is 0 Å². The van der Waals surface area contributed by atoms with Crippen molar-refractivity contribution in [1.82, 2.24) is 19.4 Å². The lowest BCUT2D eigenvalue weighted by Gasteiger charge is -2.37. The van der Waals surface area contributed by atoms with Gasteiger partial charge in [0.15, 0.2) is 0 Å². The molecule has 0 bridgehead atoms. The van der Waals surface area contributed by atoms with E-state index in [4.69, 9.17) is 0 Å². The second kappa shape index (κ2) is 7.27. The Hall–Kier alpha value is -1.70. The highest BCUT2D eigenvalue weighted by Gasteiger charge is 2.33. The van der Waals surface area contributed by atoms with E-state index in [1.54, 1.807) is 18.2 Å². The lowest BCUT2D eigenvalue weighted by Crippen LogP contribution is -2.51. The minimum atomic E-state index is -3.48. The normalized spacial score (nSPS) is 18.4. The molecule has 25 heavy (non-hydrogen) atoms. The zero-order valence-corrected chi connectivity index (χ0v) is 15.9. The summed E-state index contributed by atoms with van der Waals surface area (Å²) in [7, 11) is -3.48. The van der Waals surface area contributed by atoms with E-state index in [1.807, 2.05) is 6.07 Å². The van der Waals surface area contributed by atoms with Gasteiger partial charge in [0.1, 0.15) is 4.90 Å². The number of nitrogens with zero attached hydrogens (tertiary/aromatic N) is 3. The molecule has 1 atom stereocenters. The number of nitrogens with one attached hydrogen (secondary N) is 1. The number of aryl methyl sites for hydroxylation is 2. The molecule has 0 aliphatic carbocycles. The fraction of sp³-hybridized carbons (Fsp3) is 0.500. The molecular weight excluding hydrogens is 336 g/mol. The number of hydrogen-bond acceptors (Lipinski definition) is 4. The average Bonchev–Trinajstić information content (AvgIpc) is 2.95. The summed E-state index contributed by atoms with van der Waals surface area (Å²) < 4.78 is 27.4. The second-order valence-electron chi connectivity index (χ2n) is 6.74. The van der Waals surface area contributed by atoms with Crippen LogP contribution in [0.4, 0.5) is 0 Å². The molecule has 1 fully saturated rings. The zero-order valence-electron chi connectivity index (χ0n) is 15.1. The van der Waals surface area contributed by atoms with Gasteiger partial charge >= 0.3 is 0 Å². The predicted octanol–water partition coefficient (Wildman–Crippen LogP) is 1.96. The third-order valence-corrected chi connectivity index (χ3v) is 7.09. The largest absolute Gasteiger partial charge is 0.298 e. The van der Waals surface area contributed by atoms with Crippen LogP contribution in [0.5, 0.6) is 0 Å².